The number of thiophene rings is 1. The molecule has 20 heavy (non-hydrogen) atoms. The first-order valence-corrected chi connectivity index (χ1v) is 10.4. The number of sulfonamides is 1. The van der Waals surface area contributed by atoms with Crippen molar-refractivity contribution >= 4 is 33.1 Å². The van der Waals surface area contributed by atoms with Crippen molar-refractivity contribution < 1.29 is 8.42 Å². The molecule has 0 bridgehead atoms. The van der Waals surface area contributed by atoms with Crippen LogP contribution in [0.15, 0.2) is 15.7 Å². The molecule has 1 heterocycles. The highest BCUT2D eigenvalue weighted by Crippen LogP contribution is 2.25. The molecule has 0 aliphatic carbocycles. The van der Waals surface area contributed by atoms with E-state index in [1.807, 2.05) is 18.6 Å². The lowest BCUT2D eigenvalue weighted by Gasteiger charge is -2.22. The molecule has 0 fully saturated rings. The van der Waals surface area contributed by atoms with Crippen LogP contribution >= 0.6 is 23.1 Å². The summed E-state index contributed by atoms with van der Waals surface area (Å²) in [6.45, 7) is 5.72. The summed E-state index contributed by atoms with van der Waals surface area (Å²) in [4.78, 5) is 0. The second kappa shape index (κ2) is 8.38. The molecule has 0 saturated carbocycles. The Morgan fingerprint density at radius 3 is 2.80 bits per heavy atom. The molecule has 0 aliphatic heterocycles. The summed E-state index contributed by atoms with van der Waals surface area (Å²) in [7, 11) is -1.70. The van der Waals surface area contributed by atoms with Gasteiger partial charge in [0.1, 0.15) is 4.21 Å². The molecule has 1 aromatic rings. The third-order valence-corrected chi connectivity index (χ3v) is 7.30. The quantitative estimate of drug-likeness (QED) is 0.704. The van der Waals surface area contributed by atoms with Gasteiger partial charge in [0.25, 0.3) is 10.0 Å². The Kier molecular flexibility index (Phi) is 7.53. The van der Waals surface area contributed by atoms with E-state index in [9.17, 15) is 8.42 Å². The first kappa shape index (κ1) is 18.0. The van der Waals surface area contributed by atoms with Crippen LogP contribution in [0.2, 0.25) is 0 Å². The molecule has 0 saturated heterocycles. The van der Waals surface area contributed by atoms with Gasteiger partial charge >= 0.3 is 0 Å². The van der Waals surface area contributed by atoms with Crippen molar-refractivity contribution in [1.82, 2.24) is 9.62 Å². The van der Waals surface area contributed by atoms with Crippen LogP contribution in [-0.4, -0.2) is 44.4 Å². The highest BCUT2D eigenvalue weighted by molar-refractivity contribution is 7.98. The third kappa shape index (κ3) is 4.73. The zero-order valence-electron chi connectivity index (χ0n) is 12.5. The number of nitrogens with one attached hydrogen (secondary N) is 1. The second-order valence-electron chi connectivity index (χ2n) is 4.78. The Morgan fingerprint density at radius 2 is 2.20 bits per heavy atom. The van der Waals surface area contributed by atoms with Gasteiger partial charge in [-0.3, -0.25) is 0 Å². The molecule has 1 N–H and O–H groups in total. The molecule has 1 unspecified atom stereocenters. The average molecular weight is 337 g/mol. The first-order valence-electron chi connectivity index (χ1n) is 6.68. The van der Waals surface area contributed by atoms with Gasteiger partial charge in [-0.05, 0) is 43.2 Å². The molecule has 1 atom stereocenters. The summed E-state index contributed by atoms with van der Waals surface area (Å²) in [6, 6.07) is 1.78. The smallest absolute Gasteiger partial charge is 0.252 e. The predicted molar refractivity (Wildman–Crippen MR) is 89.1 cm³/mol. The van der Waals surface area contributed by atoms with Gasteiger partial charge in [0, 0.05) is 25.4 Å². The summed E-state index contributed by atoms with van der Waals surface area (Å²) >= 11 is 2.96. The Bertz CT molecular complexity index is 499. The maximum atomic E-state index is 12.5. The second-order valence-corrected chi connectivity index (χ2v) is 8.82. The van der Waals surface area contributed by atoms with Gasteiger partial charge in [0.05, 0.1) is 0 Å². The number of hydrogen-bond donors (Lipinski definition) is 1. The minimum atomic E-state index is -3.36. The van der Waals surface area contributed by atoms with E-state index in [4.69, 9.17) is 0 Å². The van der Waals surface area contributed by atoms with E-state index < -0.39 is 10.0 Å². The van der Waals surface area contributed by atoms with Gasteiger partial charge in [-0.1, -0.05) is 6.92 Å². The SMILES string of the molecule is CCCNCc1csc(S(=O)(=O)N(C)C(C)CSC)c1. The predicted octanol–water partition coefficient (Wildman–Crippen LogP) is 2.62. The summed E-state index contributed by atoms with van der Waals surface area (Å²) in [5.74, 6) is 0.798. The first-order chi connectivity index (χ1) is 9.43. The fraction of sp³-hybridized carbons (Fsp3) is 0.692. The van der Waals surface area contributed by atoms with E-state index in [1.54, 1.807) is 24.9 Å². The topological polar surface area (TPSA) is 49.4 Å². The minimum Gasteiger partial charge on any atom is -0.313 e. The maximum Gasteiger partial charge on any atom is 0.252 e. The van der Waals surface area contributed by atoms with E-state index in [0.29, 0.717) is 4.21 Å². The number of thioether (sulfide) groups is 1. The summed E-state index contributed by atoms with van der Waals surface area (Å²) in [5, 5.41) is 5.20. The molecule has 1 rings (SSSR count). The van der Waals surface area contributed by atoms with E-state index in [-0.39, 0.29) is 6.04 Å². The molecule has 0 amide bonds. The fourth-order valence-electron chi connectivity index (χ4n) is 1.72. The molecule has 7 heteroatoms. The molecule has 0 spiro atoms. The third-order valence-electron chi connectivity index (χ3n) is 3.05. The molecule has 1 aromatic heterocycles. The zero-order chi connectivity index (χ0) is 15.2. The van der Waals surface area contributed by atoms with Crippen molar-refractivity contribution in [2.45, 2.75) is 37.1 Å². The summed E-state index contributed by atoms with van der Waals surface area (Å²) in [6.07, 6.45) is 3.06. The standard InChI is InChI=1S/C13H24N2O2S3/c1-5-6-14-8-12-7-13(19-10-12)20(16,17)15(3)11(2)9-18-4/h7,10-11,14H,5-6,8-9H2,1-4H3. The highest BCUT2D eigenvalue weighted by atomic mass is 32.2. The van der Waals surface area contributed by atoms with Crippen LogP contribution in [0.25, 0.3) is 0 Å². The van der Waals surface area contributed by atoms with Crippen molar-refractivity contribution in [2.75, 3.05) is 25.6 Å². The normalized spacial score (nSPS) is 13.8. The Hall–Kier alpha value is -0.0800. The van der Waals surface area contributed by atoms with Gasteiger partial charge in [-0.2, -0.15) is 16.1 Å². The Balaban J connectivity index is 2.77. The molecule has 0 aromatic carbocycles. The fourth-order valence-corrected chi connectivity index (χ4v) is 5.27. The molecule has 4 nitrogen and oxygen atoms in total. The monoisotopic (exact) mass is 336 g/mol. The van der Waals surface area contributed by atoms with Gasteiger partial charge in [0.2, 0.25) is 0 Å². The zero-order valence-corrected chi connectivity index (χ0v) is 15.0. The van der Waals surface area contributed by atoms with Gasteiger partial charge < -0.3 is 5.32 Å². The van der Waals surface area contributed by atoms with Crippen LogP contribution in [0.4, 0.5) is 0 Å². The van der Waals surface area contributed by atoms with Crippen LogP contribution < -0.4 is 5.32 Å². The Labute approximate surface area is 131 Å². The van der Waals surface area contributed by atoms with Gasteiger partial charge in [0.15, 0.2) is 0 Å². The molecule has 0 radical (unpaired) electrons. The van der Waals surface area contributed by atoms with Crippen LogP contribution in [0.5, 0.6) is 0 Å². The van der Waals surface area contributed by atoms with Crippen LogP contribution in [0.1, 0.15) is 25.8 Å². The number of hydrogen-bond acceptors (Lipinski definition) is 5. The maximum absolute atomic E-state index is 12.5. The summed E-state index contributed by atoms with van der Waals surface area (Å²) in [5.41, 5.74) is 1.04. The number of rotatable bonds is 9. The van der Waals surface area contributed by atoms with E-state index in [1.165, 1.54) is 15.6 Å². The highest BCUT2D eigenvalue weighted by Gasteiger charge is 2.26. The van der Waals surface area contributed by atoms with Gasteiger partial charge in [-0.25, -0.2) is 8.42 Å². The lowest BCUT2D eigenvalue weighted by molar-refractivity contribution is 0.416. The van der Waals surface area contributed by atoms with Crippen LogP contribution in [0.3, 0.4) is 0 Å². The largest absolute Gasteiger partial charge is 0.313 e. The summed E-state index contributed by atoms with van der Waals surface area (Å²) < 4.78 is 26.9. The molecule has 0 aliphatic rings. The lowest BCUT2D eigenvalue weighted by Crippen LogP contribution is -2.36. The minimum absolute atomic E-state index is 0.00114. The van der Waals surface area contributed by atoms with E-state index in [0.717, 1.165) is 30.8 Å². The van der Waals surface area contributed by atoms with Crippen LogP contribution in [0, 0.1) is 0 Å². The van der Waals surface area contributed by atoms with Gasteiger partial charge in [-0.15, -0.1) is 11.3 Å². The van der Waals surface area contributed by atoms with Crippen molar-refractivity contribution in [3.8, 4) is 0 Å². The molecular weight excluding hydrogens is 312 g/mol. The van der Waals surface area contributed by atoms with E-state index in [2.05, 4.69) is 12.2 Å². The van der Waals surface area contributed by atoms with Crippen LogP contribution in [-0.2, 0) is 16.6 Å². The van der Waals surface area contributed by atoms with Crippen molar-refractivity contribution in [2.24, 2.45) is 0 Å². The number of nitrogens with zero attached hydrogens (tertiary/aromatic N) is 1. The van der Waals surface area contributed by atoms with Crippen molar-refractivity contribution in [3.63, 3.8) is 0 Å². The van der Waals surface area contributed by atoms with Crippen molar-refractivity contribution in [1.29, 1.82) is 0 Å². The van der Waals surface area contributed by atoms with E-state index >= 15 is 0 Å². The van der Waals surface area contributed by atoms with Crippen molar-refractivity contribution in [3.05, 3.63) is 17.0 Å². The Morgan fingerprint density at radius 1 is 1.50 bits per heavy atom. The average Bonchev–Trinajstić information content (AvgIpc) is 2.88. The molecular formula is C13H24N2O2S3. The molecule has 116 valence electrons. The lowest BCUT2D eigenvalue weighted by atomic mass is 10.3.